The summed E-state index contributed by atoms with van der Waals surface area (Å²) in [5, 5.41) is 27.3. The smallest absolute Gasteiger partial charge is 0.303 e. The monoisotopic (exact) mass is 611 g/mol. The number of unbranched alkanes of at least 4 members (excludes halogenated alkanes) is 18. The van der Waals surface area contributed by atoms with Crippen LogP contribution in [0.15, 0.2) is 12.2 Å². The highest BCUT2D eigenvalue weighted by molar-refractivity contribution is 5.67. The van der Waals surface area contributed by atoms with E-state index >= 15 is 0 Å². The number of hydrogen-bond acceptors (Lipinski definition) is 3. The molecule has 7 heteroatoms. The van der Waals surface area contributed by atoms with Crippen molar-refractivity contribution in [3.8, 4) is 0 Å². The molecule has 0 amide bonds. The summed E-state index contributed by atoms with van der Waals surface area (Å²) in [5.41, 5.74) is 0. The molecule has 0 saturated heterocycles. The molecule has 3 N–H and O–H groups in total. The van der Waals surface area contributed by atoms with Gasteiger partial charge in [-0.1, -0.05) is 109 Å². The number of aliphatic carboxylic acids is 3. The van der Waals surface area contributed by atoms with E-state index in [4.69, 9.17) is 15.3 Å². The summed E-state index contributed by atoms with van der Waals surface area (Å²) in [6, 6.07) is 0. The van der Waals surface area contributed by atoms with Crippen LogP contribution in [0.3, 0.4) is 0 Å². The lowest BCUT2D eigenvalue weighted by molar-refractivity contribution is -0.929. The van der Waals surface area contributed by atoms with Crippen molar-refractivity contribution >= 4 is 17.9 Å². The zero-order chi connectivity index (χ0) is 31.9. The van der Waals surface area contributed by atoms with Crippen LogP contribution in [0.5, 0.6) is 0 Å². The van der Waals surface area contributed by atoms with E-state index < -0.39 is 17.9 Å². The Bertz CT molecular complexity index is 658. The number of quaternary nitrogens is 1. The molecular weight excluding hydrogens is 542 g/mol. The fourth-order valence-corrected chi connectivity index (χ4v) is 6.12. The van der Waals surface area contributed by atoms with Crippen LogP contribution < -0.4 is 0 Å². The fraction of sp³-hybridized carbons (Fsp3) is 0.861. The van der Waals surface area contributed by atoms with Crippen LogP contribution in [-0.4, -0.2) is 63.9 Å². The molecule has 0 heterocycles. The molecule has 43 heavy (non-hydrogen) atoms. The Morgan fingerprint density at radius 3 is 1.02 bits per heavy atom. The van der Waals surface area contributed by atoms with Crippen LogP contribution in [0.25, 0.3) is 0 Å². The van der Waals surface area contributed by atoms with E-state index in [9.17, 15) is 14.4 Å². The van der Waals surface area contributed by atoms with E-state index in [2.05, 4.69) is 19.1 Å². The standard InChI is InChI=1S/C36H67NO6/c1-2-3-4-5-6-7-8-9-10-11-12-13-14-15-16-17-18-19-20-21-22-23-30-37(31-24-27-34(38)39,32-25-28-35(40)41)33-26-29-36(42)43/h18-19H,2-17,20-33H2,1H3,(H2-,38,39,40,41,42,43)/p+1/b19-18+. The van der Waals surface area contributed by atoms with E-state index in [1.54, 1.807) is 0 Å². The summed E-state index contributed by atoms with van der Waals surface area (Å²) >= 11 is 0. The van der Waals surface area contributed by atoms with Gasteiger partial charge in [0.25, 0.3) is 0 Å². The first kappa shape index (κ1) is 41.1. The first-order valence-corrected chi connectivity index (χ1v) is 18.0. The molecule has 0 radical (unpaired) electrons. The van der Waals surface area contributed by atoms with E-state index in [0.29, 0.717) is 43.4 Å². The Morgan fingerprint density at radius 1 is 0.419 bits per heavy atom. The number of carboxylic acids is 3. The van der Waals surface area contributed by atoms with E-state index in [0.717, 1.165) is 38.6 Å². The molecule has 252 valence electrons. The number of nitrogens with zero attached hydrogens (tertiary/aromatic N) is 1. The fourth-order valence-electron chi connectivity index (χ4n) is 6.12. The Labute approximate surface area is 264 Å². The van der Waals surface area contributed by atoms with Crippen molar-refractivity contribution in [2.75, 3.05) is 26.2 Å². The van der Waals surface area contributed by atoms with E-state index in [1.165, 1.54) is 96.3 Å². The third-order valence-electron chi connectivity index (χ3n) is 8.71. The maximum Gasteiger partial charge on any atom is 0.303 e. The third kappa shape index (κ3) is 29.9. The predicted octanol–water partition coefficient (Wildman–Crippen LogP) is 9.78. The zero-order valence-corrected chi connectivity index (χ0v) is 27.9. The highest BCUT2D eigenvalue weighted by Crippen LogP contribution is 2.18. The van der Waals surface area contributed by atoms with Gasteiger partial charge in [-0.25, -0.2) is 0 Å². The van der Waals surface area contributed by atoms with Gasteiger partial charge >= 0.3 is 17.9 Å². The van der Waals surface area contributed by atoms with E-state index in [1.807, 2.05) is 0 Å². The van der Waals surface area contributed by atoms with Crippen LogP contribution >= 0.6 is 0 Å². The number of carboxylic acid groups (broad SMARTS) is 3. The molecule has 0 aromatic heterocycles. The molecule has 0 bridgehead atoms. The molecule has 7 nitrogen and oxygen atoms in total. The normalized spacial score (nSPS) is 11.8. The molecule has 0 aliphatic carbocycles. The van der Waals surface area contributed by atoms with Gasteiger partial charge < -0.3 is 19.8 Å². The molecular formula is C36H68NO6+. The highest BCUT2D eigenvalue weighted by atomic mass is 16.4. The van der Waals surface area contributed by atoms with Crippen molar-refractivity contribution in [1.82, 2.24) is 0 Å². The van der Waals surface area contributed by atoms with Crippen molar-refractivity contribution in [2.45, 2.75) is 174 Å². The molecule has 0 saturated carbocycles. The van der Waals surface area contributed by atoms with Gasteiger partial charge in [0.1, 0.15) is 0 Å². The van der Waals surface area contributed by atoms with Gasteiger partial charge in [0.05, 0.1) is 45.4 Å². The average Bonchev–Trinajstić information content (AvgIpc) is 2.95. The molecule has 0 spiro atoms. The maximum absolute atomic E-state index is 11.1. The van der Waals surface area contributed by atoms with Crippen molar-refractivity contribution in [3.05, 3.63) is 12.2 Å². The minimum Gasteiger partial charge on any atom is -0.481 e. The van der Waals surface area contributed by atoms with Crippen LogP contribution in [0.2, 0.25) is 0 Å². The van der Waals surface area contributed by atoms with Crippen LogP contribution in [0, 0.1) is 0 Å². The number of allylic oxidation sites excluding steroid dienone is 2. The lowest BCUT2D eigenvalue weighted by Gasteiger charge is -2.39. The van der Waals surface area contributed by atoms with Crippen molar-refractivity contribution < 1.29 is 34.2 Å². The van der Waals surface area contributed by atoms with Gasteiger partial charge in [0.15, 0.2) is 0 Å². The molecule has 0 fully saturated rings. The summed E-state index contributed by atoms with van der Waals surface area (Å²) in [6.07, 6.45) is 32.7. The van der Waals surface area contributed by atoms with Gasteiger partial charge in [0, 0.05) is 19.3 Å². The lowest BCUT2D eigenvalue weighted by atomic mass is 10.0. The van der Waals surface area contributed by atoms with Crippen LogP contribution in [-0.2, 0) is 14.4 Å². The van der Waals surface area contributed by atoms with Gasteiger partial charge in [-0.3, -0.25) is 14.4 Å². The van der Waals surface area contributed by atoms with Gasteiger partial charge in [0.2, 0.25) is 0 Å². The molecule has 0 aliphatic rings. The summed E-state index contributed by atoms with van der Waals surface area (Å²) < 4.78 is 0.628. The molecule has 0 unspecified atom stereocenters. The van der Waals surface area contributed by atoms with Crippen LogP contribution in [0.1, 0.15) is 174 Å². The third-order valence-corrected chi connectivity index (χ3v) is 8.71. The largest absolute Gasteiger partial charge is 0.481 e. The summed E-state index contributed by atoms with van der Waals surface area (Å²) in [5.74, 6) is -2.49. The first-order chi connectivity index (χ1) is 20.8. The Morgan fingerprint density at radius 2 is 0.698 bits per heavy atom. The summed E-state index contributed by atoms with van der Waals surface area (Å²) in [4.78, 5) is 33.3. The van der Waals surface area contributed by atoms with Crippen LogP contribution in [0.4, 0.5) is 0 Å². The molecule has 0 rings (SSSR count). The second-order valence-corrected chi connectivity index (χ2v) is 12.8. The number of carbonyl (C=O) groups is 3. The second kappa shape index (κ2) is 30.1. The second-order valence-electron chi connectivity index (χ2n) is 12.8. The quantitative estimate of drug-likeness (QED) is 0.0380. The first-order valence-electron chi connectivity index (χ1n) is 18.0. The average molecular weight is 611 g/mol. The predicted molar refractivity (Wildman–Crippen MR) is 177 cm³/mol. The molecule has 0 aliphatic heterocycles. The van der Waals surface area contributed by atoms with Crippen molar-refractivity contribution in [1.29, 1.82) is 0 Å². The minimum absolute atomic E-state index is 0.0853. The topological polar surface area (TPSA) is 112 Å². The Balaban J connectivity index is 4.04. The zero-order valence-electron chi connectivity index (χ0n) is 27.9. The number of rotatable bonds is 34. The van der Waals surface area contributed by atoms with Gasteiger partial charge in [-0.05, 0) is 38.5 Å². The Kier molecular flexibility index (Phi) is 28.8. The molecule has 0 atom stereocenters. The number of hydrogen-bond donors (Lipinski definition) is 3. The Hall–Kier alpha value is -1.89. The highest BCUT2D eigenvalue weighted by Gasteiger charge is 2.27. The SMILES string of the molecule is CCCCCCCCCCCCCCCCC/C=C/CCCCC[N+](CCCC(=O)O)(CCCC(=O)O)CCCC(=O)O. The van der Waals surface area contributed by atoms with Gasteiger partial charge in [-0.15, -0.1) is 0 Å². The molecule has 0 aromatic carbocycles. The summed E-state index contributed by atoms with van der Waals surface area (Å²) in [7, 11) is 0. The van der Waals surface area contributed by atoms with Crippen molar-refractivity contribution in [3.63, 3.8) is 0 Å². The van der Waals surface area contributed by atoms with Gasteiger partial charge in [-0.2, -0.15) is 0 Å². The minimum atomic E-state index is -0.828. The molecule has 0 aromatic rings. The summed E-state index contributed by atoms with van der Waals surface area (Å²) in [6.45, 7) is 5.10. The van der Waals surface area contributed by atoms with E-state index in [-0.39, 0.29) is 19.3 Å². The van der Waals surface area contributed by atoms with Crippen molar-refractivity contribution in [2.24, 2.45) is 0 Å². The lowest BCUT2D eigenvalue weighted by Crippen LogP contribution is -2.51. The maximum atomic E-state index is 11.1.